The Labute approximate surface area is 135 Å². The molecule has 2 heterocycles. The molecular formula is C13H13BrN6O2. The van der Waals surface area contributed by atoms with Crippen molar-refractivity contribution in [3.63, 3.8) is 0 Å². The smallest absolute Gasteiger partial charge is 0.308 e. The zero-order chi connectivity index (χ0) is 16.1. The van der Waals surface area contributed by atoms with E-state index in [0.717, 1.165) is 0 Å². The molecule has 22 heavy (non-hydrogen) atoms. The van der Waals surface area contributed by atoms with Gasteiger partial charge in [-0.15, -0.1) is 0 Å². The molecular weight excluding hydrogens is 352 g/mol. The minimum absolute atomic E-state index is 0.0147. The van der Waals surface area contributed by atoms with Crippen molar-refractivity contribution in [3.05, 3.63) is 34.5 Å². The molecule has 1 N–H and O–H groups in total. The molecule has 9 heteroatoms. The Morgan fingerprint density at radius 2 is 2.36 bits per heavy atom. The molecule has 2 aromatic heterocycles. The van der Waals surface area contributed by atoms with Crippen molar-refractivity contribution in [1.82, 2.24) is 20.6 Å². The average molecular weight is 365 g/mol. The molecule has 0 unspecified atom stereocenters. The molecule has 0 saturated carbocycles. The second kappa shape index (κ2) is 7.00. The SMILES string of the molecule is CC(C)CN(NC(=O)c1ccno1)c1nc(C#N)ncc1Br. The number of anilines is 1. The van der Waals surface area contributed by atoms with E-state index >= 15 is 0 Å². The first-order valence-corrected chi connectivity index (χ1v) is 7.22. The van der Waals surface area contributed by atoms with Crippen LogP contribution in [0.3, 0.4) is 0 Å². The molecule has 0 spiro atoms. The van der Waals surface area contributed by atoms with Crippen molar-refractivity contribution in [2.75, 3.05) is 11.6 Å². The van der Waals surface area contributed by atoms with Crippen molar-refractivity contribution < 1.29 is 9.32 Å². The van der Waals surface area contributed by atoms with E-state index in [1.807, 2.05) is 19.9 Å². The van der Waals surface area contributed by atoms with Gasteiger partial charge in [0.1, 0.15) is 6.07 Å². The molecule has 2 rings (SSSR count). The van der Waals surface area contributed by atoms with Crippen LogP contribution in [0, 0.1) is 17.2 Å². The molecule has 0 aliphatic carbocycles. The predicted octanol–water partition coefficient (Wildman–Crippen LogP) is 1.91. The van der Waals surface area contributed by atoms with E-state index < -0.39 is 5.91 Å². The van der Waals surface area contributed by atoms with Crippen LogP contribution in [-0.4, -0.2) is 27.6 Å². The van der Waals surface area contributed by atoms with Gasteiger partial charge in [-0.05, 0) is 21.8 Å². The van der Waals surface area contributed by atoms with Crippen LogP contribution in [0.2, 0.25) is 0 Å². The van der Waals surface area contributed by atoms with Gasteiger partial charge in [0.05, 0.1) is 10.7 Å². The van der Waals surface area contributed by atoms with E-state index in [4.69, 9.17) is 9.78 Å². The summed E-state index contributed by atoms with van der Waals surface area (Å²) >= 11 is 3.33. The maximum absolute atomic E-state index is 12.1. The first-order chi connectivity index (χ1) is 10.5. The number of carbonyl (C=O) groups excluding carboxylic acids is 1. The molecule has 2 aromatic rings. The topological polar surface area (TPSA) is 108 Å². The number of hydrogen-bond donors (Lipinski definition) is 1. The van der Waals surface area contributed by atoms with Crippen molar-refractivity contribution in [2.45, 2.75) is 13.8 Å². The van der Waals surface area contributed by atoms with Gasteiger partial charge in [0.2, 0.25) is 11.6 Å². The first kappa shape index (κ1) is 15.9. The molecule has 0 aliphatic rings. The summed E-state index contributed by atoms with van der Waals surface area (Å²) in [6.07, 6.45) is 2.85. The Morgan fingerprint density at radius 3 is 2.95 bits per heavy atom. The minimum Gasteiger partial charge on any atom is -0.351 e. The minimum atomic E-state index is -0.456. The molecule has 0 aromatic carbocycles. The van der Waals surface area contributed by atoms with E-state index in [2.05, 4.69) is 36.5 Å². The normalized spacial score (nSPS) is 10.3. The van der Waals surface area contributed by atoms with Crippen molar-refractivity contribution in [3.8, 4) is 6.07 Å². The Kier molecular flexibility index (Phi) is 5.06. The lowest BCUT2D eigenvalue weighted by Gasteiger charge is -2.26. The van der Waals surface area contributed by atoms with Crippen molar-refractivity contribution >= 4 is 27.7 Å². The summed E-state index contributed by atoms with van der Waals surface area (Å²) in [5.74, 6) is 0.276. The molecule has 0 saturated heterocycles. The van der Waals surface area contributed by atoms with Crippen LogP contribution in [0.15, 0.2) is 27.5 Å². The summed E-state index contributed by atoms with van der Waals surface area (Å²) in [4.78, 5) is 20.1. The summed E-state index contributed by atoms with van der Waals surface area (Å²) in [6, 6.07) is 3.33. The van der Waals surface area contributed by atoms with Crippen LogP contribution in [0.25, 0.3) is 0 Å². The molecule has 1 amide bonds. The zero-order valence-corrected chi connectivity index (χ0v) is 13.5. The number of aromatic nitrogens is 3. The van der Waals surface area contributed by atoms with Crippen LogP contribution in [-0.2, 0) is 0 Å². The van der Waals surface area contributed by atoms with Gasteiger partial charge < -0.3 is 4.52 Å². The molecule has 8 nitrogen and oxygen atoms in total. The average Bonchev–Trinajstić information content (AvgIpc) is 3.01. The fraction of sp³-hybridized carbons (Fsp3) is 0.308. The Balaban J connectivity index is 2.30. The van der Waals surface area contributed by atoms with E-state index in [1.54, 1.807) is 5.01 Å². The fourth-order valence-corrected chi connectivity index (χ4v) is 2.07. The number of nitriles is 1. The van der Waals surface area contributed by atoms with Crippen LogP contribution >= 0.6 is 15.9 Å². The highest BCUT2D eigenvalue weighted by Crippen LogP contribution is 2.22. The maximum atomic E-state index is 12.1. The lowest BCUT2D eigenvalue weighted by atomic mass is 10.2. The highest BCUT2D eigenvalue weighted by molar-refractivity contribution is 9.10. The zero-order valence-electron chi connectivity index (χ0n) is 11.9. The molecule has 114 valence electrons. The van der Waals surface area contributed by atoms with Crippen LogP contribution in [0.5, 0.6) is 0 Å². The summed E-state index contributed by atoms with van der Waals surface area (Å²) in [5, 5.41) is 14.0. The lowest BCUT2D eigenvalue weighted by molar-refractivity contribution is 0.0910. The summed E-state index contributed by atoms with van der Waals surface area (Å²) in [5.41, 5.74) is 2.69. The maximum Gasteiger partial charge on any atom is 0.308 e. The monoisotopic (exact) mass is 364 g/mol. The van der Waals surface area contributed by atoms with Crippen molar-refractivity contribution in [2.24, 2.45) is 5.92 Å². The Hall–Kier alpha value is -2.47. The molecule has 0 aliphatic heterocycles. The number of carbonyl (C=O) groups is 1. The van der Waals surface area contributed by atoms with Gasteiger partial charge in [0, 0.05) is 18.8 Å². The lowest BCUT2D eigenvalue weighted by Crippen LogP contribution is -2.45. The second-order valence-electron chi connectivity index (χ2n) is 4.80. The molecule has 0 bridgehead atoms. The molecule has 0 atom stereocenters. The Morgan fingerprint density at radius 1 is 1.59 bits per heavy atom. The van der Waals surface area contributed by atoms with Gasteiger partial charge >= 0.3 is 5.91 Å². The number of nitrogens with one attached hydrogen (secondary N) is 1. The van der Waals surface area contributed by atoms with Crippen LogP contribution in [0.4, 0.5) is 5.82 Å². The van der Waals surface area contributed by atoms with E-state index in [1.165, 1.54) is 18.5 Å². The van der Waals surface area contributed by atoms with Gasteiger partial charge in [0.25, 0.3) is 0 Å². The number of rotatable bonds is 5. The van der Waals surface area contributed by atoms with Gasteiger partial charge in [-0.1, -0.05) is 19.0 Å². The van der Waals surface area contributed by atoms with E-state index in [9.17, 15) is 4.79 Å². The standard InChI is InChI=1S/C13H13BrN6O2/c1-8(2)7-20(19-13(21)10-3-4-17-22-10)12-9(14)6-16-11(5-15)18-12/h3-4,6,8H,7H2,1-2H3,(H,19,21). The number of hydrogen-bond acceptors (Lipinski definition) is 7. The third-order valence-electron chi connectivity index (χ3n) is 2.53. The Bertz CT molecular complexity index is 695. The molecule has 0 radical (unpaired) electrons. The fourth-order valence-electron chi connectivity index (χ4n) is 1.66. The van der Waals surface area contributed by atoms with Gasteiger partial charge in [-0.2, -0.15) is 10.2 Å². The quantitative estimate of drug-likeness (QED) is 0.807. The largest absolute Gasteiger partial charge is 0.351 e. The number of amides is 1. The summed E-state index contributed by atoms with van der Waals surface area (Å²) in [6.45, 7) is 4.47. The summed E-state index contributed by atoms with van der Waals surface area (Å²) < 4.78 is 5.39. The van der Waals surface area contributed by atoms with Crippen molar-refractivity contribution in [1.29, 1.82) is 5.26 Å². The van der Waals surface area contributed by atoms with Gasteiger partial charge in [-0.3, -0.25) is 15.2 Å². The highest BCUT2D eigenvalue weighted by Gasteiger charge is 2.19. The third-order valence-corrected chi connectivity index (χ3v) is 3.09. The van der Waals surface area contributed by atoms with Gasteiger partial charge in [-0.25, -0.2) is 4.98 Å². The predicted molar refractivity (Wildman–Crippen MR) is 80.6 cm³/mol. The molecule has 0 fully saturated rings. The van der Waals surface area contributed by atoms with E-state index in [-0.39, 0.29) is 17.5 Å². The first-order valence-electron chi connectivity index (χ1n) is 6.43. The van der Waals surface area contributed by atoms with Gasteiger partial charge in [0.15, 0.2) is 5.82 Å². The number of hydrazine groups is 1. The number of nitrogens with zero attached hydrogens (tertiary/aromatic N) is 5. The van der Waals surface area contributed by atoms with Crippen LogP contribution in [0.1, 0.15) is 30.2 Å². The van der Waals surface area contributed by atoms with Crippen LogP contribution < -0.4 is 10.4 Å². The second-order valence-corrected chi connectivity index (χ2v) is 5.65. The highest BCUT2D eigenvalue weighted by atomic mass is 79.9. The summed E-state index contributed by atoms with van der Waals surface area (Å²) in [7, 11) is 0. The number of halogens is 1. The third kappa shape index (κ3) is 3.79. The van der Waals surface area contributed by atoms with E-state index in [0.29, 0.717) is 16.8 Å².